The monoisotopic (exact) mass is 415 g/mol. The maximum Gasteiger partial charge on any atom is 0.223 e. The summed E-state index contributed by atoms with van der Waals surface area (Å²) in [5.74, 6) is 3.23. The van der Waals surface area contributed by atoms with Gasteiger partial charge in [0.2, 0.25) is 5.91 Å². The molecule has 1 amide bonds. The van der Waals surface area contributed by atoms with Crippen LogP contribution in [0.3, 0.4) is 0 Å². The van der Waals surface area contributed by atoms with E-state index in [2.05, 4.69) is 77.9 Å². The van der Waals surface area contributed by atoms with Crippen LogP contribution in [0.4, 0.5) is 0 Å². The minimum absolute atomic E-state index is 0.168. The lowest BCUT2D eigenvalue weighted by Crippen LogP contribution is -2.54. The highest BCUT2D eigenvalue weighted by Gasteiger charge is 2.50. The van der Waals surface area contributed by atoms with Crippen molar-refractivity contribution in [2.24, 2.45) is 29.6 Å². The lowest BCUT2D eigenvalue weighted by Gasteiger charge is -2.51. The van der Waals surface area contributed by atoms with Crippen molar-refractivity contribution < 1.29 is 4.79 Å². The van der Waals surface area contributed by atoms with Gasteiger partial charge in [-0.05, 0) is 67.2 Å². The van der Waals surface area contributed by atoms with Crippen LogP contribution in [0.5, 0.6) is 0 Å². The zero-order valence-electron chi connectivity index (χ0n) is 18.6. The zero-order valence-corrected chi connectivity index (χ0v) is 18.6. The fourth-order valence-corrected chi connectivity index (χ4v) is 6.97. The first-order valence-electron chi connectivity index (χ1n) is 11.9. The Hall–Kier alpha value is -2.33. The van der Waals surface area contributed by atoms with Crippen molar-refractivity contribution in [2.75, 3.05) is 27.2 Å². The number of benzene rings is 1. The number of carbonyl (C=O) groups is 1. The smallest absolute Gasteiger partial charge is 0.223 e. The van der Waals surface area contributed by atoms with E-state index in [-0.39, 0.29) is 11.8 Å². The van der Waals surface area contributed by atoms with E-state index in [0.717, 1.165) is 19.5 Å². The van der Waals surface area contributed by atoms with E-state index < -0.39 is 0 Å². The number of likely N-dealkylation sites (tertiary alicyclic amines) is 1. The Labute approximate surface area is 185 Å². The third-order valence-electron chi connectivity index (χ3n) is 8.54. The van der Waals surface area contributed by atoms with Gasteiger partial charge in [0.05, 0.1) is 0 Å². The minimum atomic E-state index is 0.168. The second kappa shape index (κ2) is 7.37. The van der Waals surface area contributed by atoms with Crippen LogP contribution in [0.2, 0.25) is 0 Å². The number of hydrogen-bond acceptors (Lipinski definition) is 3. The summed E-state index contributed by atoms with van der Waals surface area (Å²) in [7, 11) is 4.49. The predicted molar refractivity (Wildman–Crippen MR) is 123 cm³/mol. The summed E-state index contributed by atoms with van der Waals surface area (Å²) in [6.07, 6.45) is 12.8. The lowest BCUT2D eigenvalue weighted by molar-refractivity contribution is -0.122. The Morgan fingerprint density at radius 2 is 2.00 bits per heavy atom. The number of nitrogens with one attached hydrogen (secondary N) is 1. The van der Waals surface area contributed by atoms with Crippen molar-refractivity contribution in [1.82, 2.24) is 15.1 Å². The van der Waals surface area contributed by atoms with Gasteiger partial charge in [0.1, 0.15) is 0 Å². The third kappa shape index (κ3) is 3.27. The summed E-state index contributed by atoms with van der Waals surface area (Å²) in [6.45, 7) is 1.90. The van der Waals surface area contributed by atoms with E-state index in [1.165, 1.54) is 24.1 Å². The molecule has 7 atom stereocenters. The van der Waals surface area contributed by atoms with Gasteiger partial charge in [0.25, 0.3) is 0 Å². The van der Waals surface area contributed by atoms with E-state index in [1.807, 2.05) is 6.07 Å². The highest BCUT2D eigenvalue weighted by Crippen LogP contribution is 2.53. The Morgan fingerprint density at radius 3 is 2.84 bits per heavy atom. The summed E-state index contributed by atoms with van der Waals surface area (Å²) >= 11 is 0. The van der Waals surface area contributed by atoms with Gasteiger partial charge in [-0.1, -0.05) is 42.5 Å². The number of amides is 1. The van der Waals surface area contributed by atoms with Crippen molar-refractivity contribution in [1.29, 1.82) is 0 Å². The Bertz CT molecular complexity index is 964. The van der Waals surface area contributed by atoms with Crippen LogP contribution in [0.15, 0.2) is 66.0 Å². The van der Waals surface area contributed by atoms with Crippen LogP contribution >= 0.6 is 0 Å². The molecule has 1 aromatic carbocycles. The Kier molecular flexibility index (Phi) is 4.60. The van der Waals surface area contributed by atoms with Crippen molar-refractivity contribution in [2.45, 2.75) is 31.2 Å². The van der Waals surface area contributed by atoms with Crippen LogP contribution in [-0.2, 0) is 4.79 Å². The quantitative estimate of drug-likeness (QED) is 0.813. The van der Waals surface area contributed by atoms with E-state index in [1.54, 1.807) is 5.57 Å². The van der Waals surface area contributed by atoms with Crippen LogP contribution in [0.25, 0.3) is 0 Å². The van der Waals surface area contributed by atoms with Crippen LogP contribution in [0.1, 0.15) is 30.7 Å². The van der Waals surface area contributed by atoms with E-state index in [0.29, 0.717) is 35.6 Å². The van der Waals surface area contributed by atoms with Gasteiger partial charge in [-0.15, -0.1) is 0 Å². The van der Waals surface area contributed by atoms with Gasteiger partial charge in [0, 0.05) is 49.9 Å². The normalized spacial score (nSPS) is 38.1. The average Bonchev–Trinajstić information content (AvgIpc) is 3.53. The van der Waals surface area contributed by atoms with Crippen LogP contribution < -0.4 is 5.32 Å². The number of piperidine rings is 1. The van der Waals surface area contributed by atoms with Gasteiger partial charge >= 0.3 is 0 Å². The molecule has 162 valence electrons. The molecular weight excluding hydrogens is 382 g/mol. The summed E-state index contributed by atoms with van der Waals surface area (Å²) in [5, 5.41) is 3.32. The molecule has 4 heteroatoms. The molecule has 0 aromatic heterocycles. The second-order valence-electron chi connectivity index (χ2n) is 10.4. The third-order valence-corrected chi connectivity index (χ3v) is 8.54. The summed E-state index contributed by atoms with van der Waals surface area (Å²) < 4.78 is 0. The molecule has 0 radical (unpaired) electrons. The van der Waals surface area contributed by atoms with Crippen LogP contribution in [0, 0.1) is 29.6 Å². The molecule has 3 aliphatic carbocycles. The molecule has 1 saturated heterocycles. The van der Waals surface area contributed by atoms with Gasteiger partial charge in [-0.2, -0.15) is 0 Å². The molecule has 1 aromatic rings. The fourth-order valence-electron chi connectivity index (χ4n) is 6.97. The molecule has 4 nitrogen and oxygen atoms in total. The molecule has 1 N–H and O–H groups in total. The van der Waals surface area contributed by atoms with Crippen molar-refractivity contribution in [3.8, 4) is 0 Å². The fraction of sp³-hybridized carbons (Fsp3) is 0.519. The first-order valence-corrected chi connectivity index (χ1v) is 11.9. The number of hydrogen-bond donors (Lipinski definition) is 1. The molecule has 2 saturated carbocycles. The highest BCUT2D eigenvalue weighted by atomic mass is 16.2. The maximum atomic E-state index is 12.8. The van der Waals surface area contributed by atoms with Crippen LogP contribution in [-0.4, -0.2) is 48.9 Å². The Morgan fingerprint density at radius 1 is 1.16 bits per heavy atom. The molecule has 0 bridgehead atoms. The van der Waals surface area contributed by atoms with Crippen molar-refractivity contribution in [3.05, 3.63) is 71.6 Å². The van der Waals surface area contributed by atoms with Gasteiger partial charge in [-0.3, -0.25) is 4.79 Å². The Balaban J connectivity index is 1.10. The van der Waals surface area contributed by atoms with Gasteiger partial charge in [0.15, 0.2) is 0 Å². The summed E-state index contributed by atoms with van der Waals surface area (Å²) in [5.41, 5.74) is 4.40. The molecule has 2 aliphatic heterocycles. The zero-order chi connectivity index (χ0) is 21.1. The van der Waals surface area contributed by atoms with E-state index in [4.69, 9.17) is 0 Å². The van der Waals surface area contributed by atoms with E-state index in [9.17, 15) is 4.79 Å². The van der Waals surface area contributed by atoms with Gasteiger partial charge < -0.3 is 15.1 Å². The predicted octanol–water partition coefficient (Wildman–Crippen LogP) is 3.76. The highest BCUT2D eigenvalue weighted by molar-refractivity contribution is 5.82. The summed E-state index contributed by atoms with van der Waals surface area (Å²) in [6, 6.07) is 11.1. The summed E-state index contributed by atoms with van der Waals surface area (Å²) in [4.78, 5) is 17.7. The maximum absolute atomic E-state index is 12.8. The number of carbonyl (C=O) groups excluding carboxylic acids is 1. The first-order chi connectivity index (χ1) is 15.1. The number of allylic oxidation sites excluding steroid dienone is 4. The SMILES string of the molecule is CN1C=C2C[C@@H]3[C@H](C[C@@H](CNC(=O)C4CC4c4ccccc4)CN3C)C3C=CC=C1C23. The van der Waals surface area contributed by atoms with Gasteiger partial charge in [-0.25, -0.2) is 0 Å². The van der Waals surface area contributed by atoms with Crippen molar-refractivity contribution in [3.63, 3.8) is 0 Å². The topological polar surface area (TPSA) is 35.6 Å². The molecule has 3 fully saturated rings. The van der Waals surface area contributed by atoms with Crippen molar-refractivity contribution >= 4 is 5.91 Å². The average molecular weight is 416 g/mol. The molecule has 5 aliphatic rings. The first kappa shape index (κ1) is 19.4. The standard InChI is InChI=1S/C27H33N3O/c1-29-15-17(14-28-27(31)23-13-21(23)18-7-4-3-5-8-18)11-22-20-9-6-10-24-26(20)19(12-25(22)29)16-30(24)2/h3-10,16-17,20-23,25-26H,11-15H2,1-2H3,(H,28,31)/t17-,20?,21?,22+,23?,25+,26?/m0/s1. The second-order valence-corrected chi connectivity index (χ2v) is 10.4. The molecule has 0 spiro atoms. The molecule has 4 unspecified atom stereocenters. The lowest BCUT2D eigenvalue weighted by atomic mass is 9.61. The number of nitrogens with zero attached hydrogens (tertiary/aromatic N) is 2. The number of fused-ring (bicyclic) bond motifs is 2. The van der Waals surface area contributed by atoms with E-state index >= 15 is 0 Å². The number of rotatable bonds is 4. The molecule has 2 heterocycles. The minimum Gasteiger partial charge on any atom is -0.356 e. The molecule has 31 heavy (non-hydrogen) atoms. The molecule has 6 rings (SSSR count). The largest absolute Gasteiger partial charge is 0.356 e. The molecular formula is C27H33N3O.